The molecule has 0 saturated carbocycles. The number of nitrogens with one attached hydrogen (secondary N) is 1. The number of phenolic OH excluding ortho intramolecular Hbond substituents is 1. The van der Waals surface area contributed by atoms with Crippen LogP contribution in [0.5, 0.6) is 5.75 Å². The summed E-state index contributed by atoms with van der Waals surface area (Å²) >= 11 is 0. The van der Waals surface area contributed by atoms with E-state index in [-0.39, 0.29) is 11.5 Å². The first kappa shape index (κ1) is 13.6. The Morgan fingerprint density at radius 1 is 0.950 bits per heavy atom. The van der Waals surface area contributed by atoms with Gasteiger partial charge in [-0.15, -0.1) is 0 Å². The number of carbonyl (C=O) groups excluding carboxylic acids is 2. The quantitative estimate of drug-likeness (QED) is 0.660. The molecule has 2 rings (SSSR count). The second kappa shape index (κ2) is 5.88. The van der Waals surface area contributed by atoms with Gasteiger partial charge in [0.2, 0.25) is 0 Å². The Kier molecular flexibility index (Phi) is 4.00. The third kappa shape index (κ3) is 3.35. The fraction of sp³-hybridized carbons (Fsp3) is 0.0667. The summed E-state index contributed by atoms with van der Waals surface area (Å²) in [6, 6.07) is 12.6. The largest absolute Gasteiger partial charge is 0.508 e. The predicted molar refractivity (Wildman–Crippen MR) is 73.4 cm³/mol. The van der Waals surface area contributed by atoms with Crippen LogP contribution in [0.3, 0.4) is 0 Å². The van der Waals surface area contributed by atoms with Crippen molar-refractivity contribution in [3.63, 3.8) is 0 Å². The Morgan fingerprint density at radius 3 is 1.95 bits per heavy atom. The number of rotatable bonds is 4. The highest BCUT2D eigenvalue weighted by molar-refractivity contribution is 6.09. The Labute approximate surface area is 115 Å². The zero-order valence-corrected chi connectivity index (χ0v) is 10.8. The number of aromatic hydroxyl groups is 1. The molecule has 0 unspecified atom stereocenters. The molecule has 0 bridgehead atoms. The summed E-state index contributed by atoms with van der Waals surface area (Å²) in [5, 5.41) is 9.19. The smallest absolute Gasteiger partial charge is 0.329 e. The minimum Gasteiger partial charge on any atom is -0.508 e. The van der Waals surface area contributed by atoms with Crippen molar-refractivity contribution in [2.24, 2.45) is 0 Å². The Balaban J connectivity index is 2.11. The maximum Gasteiger partial charge on any atom is 0.329 e. The monoisotopic (exact) mass is 271 g/mol. The molecule has 0 aliphatic rings. The molecule has 20 heavy (non-hydrogen) atoms. The fourth-order valence-electron chi connectivity index (χ4n) is 1.60. The Bertz CT molecular complexity index is 617. The van der Waals surface area contributed by atoms with Crippen molar-refractivity contribution in [1.29, 1.82) is 0 Å². The summed E-state index contributed by atoms with van der Waals surface area (Å²) in [7, 11) is 0. The number of hydrogen-bond donors (Lipinski definition) is 2. The summed E-state index contributed by atoms with van der Waals surface area (Å²) in [6.45, 7) is 1.29. The van der Waals surface area contributed by atoms with Gasteiger partial charge in [0.05, 0.1) is 5.69 Å². The SMILES string of the molecule is CC(=O)ONc1ccc(C(=O)c2ccc(O)cc2)cc1. The van der Waals surface area contributed by atoms with Gasteiger partial charge >= 0.3 is 5.97 Å². The molecule has 5 heteroatoms. The molecule has 0 radical (unpaired) electrons. The van der Waals surface area contributed by atoms with Crippen molar-refractivity contribution in [3.8, 4) is 5.75 Å². The van der Waals surface area contributed by atoms with Gasteiger partial charge in [-0.1, -0.05) is 0 Å². The van der Waals surface area contributed by atoms with E-state index >= 15 is 0 Å². The zero-order chi connectivity index (χ0) is 14.5. The van der Waals surface area contributed by atoms with E-state index in [0.717, 1.165) is 0 Å². The minimum atomic E-state index is -0.450. The highest BCUT2D eigenvalue weighted by Gasteiger charge is 2.08. The standard InChI is InChI=1S/C15H13NO4/c1-10(17)20-16-13-6-2-11(3-7-13)15(19)12-4-8-14(18)9-5-12/h2-9,16,18H,1H3. The van der Waals surface area contributed by atoms with Crippen LogP contribution < -0.4 is 5.48 Å². The van der Waals surface area contributed by atoms with E-state index in [2.05, 4.69) is 10.3 Å². The number of ketones is 1. The number of anilines is 1. The van der Waals surface area contributed by atoms with Crippen LogP contribution in [0.2, 0.25) is 0 Å². The molecular formula is C15H13NO4. The van der Waals surface area contributed by atoms with Crippen molar-refractivity contribution in [1.82, 2.24) is 0 Å². The van der Waals surface area contributed by atoms with Crippen LogP contribution in [0.4, 0.5) is 5.69 Å². The molecule has 0 aromatic heterocycles. The fourth-order valence-corrected chi connectivity index (χ4v) is 1.60. The van der Waals surface area contributed by atoms with Gasteiger partial charge in [-0.2, -0.15) is 0 Å². The highest BCUT2D eigenvalue weighted by Crippen LogP contribution is 2.16. The van der Waals surface area contributed by atoms with Gasteiger partial charge in [0.1, 0.15) is 5.75 Å². The molecule has 0 aliphatic carbocycles. The minimum absolute atomic E-state index is 0.113. The van der Waals surface area contributed by atoms with Crippen molar-refractivity contribution in [3.05, 3.63) is 59.7 Å². The second-order valence-electron chi connectivity index (χ2n) is 4.15. The normalized spacial score (nSPS) is 9.85. The van der Waals surface area contributed by atoms with Gasteiger partial charge in [0.25, 0.3) is 0 Å². The number of carbonyl (C=O) groups is 2. The maximum absolute atomic E-state index is 12.1. The molecule has 0 amide bonds. The summed E-state index contributed by atoms with van der Waals surface area (Å²) in [5.74, 6) is -0.485. The van der Waals surface area contributed by atoms with Gasteiger partial charge in [-0.25, -0.2) is 5.48 Å². The van der Waals surface area contributed by atoms with Gasteiger partial charge in [0.15, 0.2) is 5.78 Å². The molecule has 0 saturated heterocycles. The molecule has 2 aromatic rings. The van der Waals surface area contributed by atoms with Crippen LogP contribution in [0.25, 0.3) is 0 Å². The third-order valence-corrected chi connectivity index (χ3v) is 2.59. The van der Waals surface area contributed by atoms with Gasteiger partial charge in [-0.3, -0.25) is 9.59 Å². The van der Waals surface area contributed by atoms with E-state index in [9.17, 15) is 14.7 Å². The second-order valence-corrected chi connectivity index (χ2v) is 4.15. The van der Waals surface area contributed by atoms with Gasteiger partial charge in [-0.05, 0) is 48.5 Å². The van der Waals surface area contributed by atoms with E-state index in [1.54, 1.807) is 36.4 Å². The predicted octanol–water partition coefficient (Wildman–Crippen LogP) is 2.51. The molecule has 5 nitrogen and oxygen atoms in total. The molecule has 102 valence electrons. The topological polar surface area (TPSA) is 75.6 Å². The molecular weight excluding hydrogens is 258 g/mol. The first-order valence-corrected chi connectivity index (χ1v) is 5.93. The van der Waals surface area contributed by atoms with E-state index in [4.69, 9.17) is 0 Å². The van der Waals surface area contributed by atoms with Crippen molar-refractivity contribution in [2.45, 2.75) is 6.92 Å². The Morgan fingerprint density at radius 2 is 1.45 bits per heavy atom. The highest BCUT2D eigenvalue weighted by atomic mass is 16.7. The molecule has 0 fully saturated rings. The lowest BCUT2D eigenvalue weighted by atomic mass is 10.0. The van der Waals surface area contributed by atoms with Crippen molar-refractivity contribution < 1.29 is 19.5 Å². The molecule has 0 spiro atoms. The summed E-state index contributed by atoms with van der Waals surface area (Å²) in [6.07, 6.45) is 0. The van der Waals surface area contributed by atoms with E-state index in [1.807, 2.05) is 0 Å². The van der Waals surface area contributed by atoms with Crippen LogP contribution in [-0.4, -0.2) is 16.9 Å². The zero-order valence-electron chi connectivity index (χ0n) is 10.8. The van der Waals surface area contributed by atoms with Crippen LogP contribution in [0.15, 0.2) is 48.5 Å². The average molecular weight is 271 g/mol. The molecule has 2 aromatic carbocycles. The molecule has 0 heterocycles. The Hall–Kier alpha value is -2.82. The lowest BCUT2D eigenvalue weighted by molar-refractivity contribution is -0.138. The number of benzene rings is 2. The van der Waals surface area contributed by atoms with Crippen LogP contribution in [0.1, 0.15) is 22.8 Å². The number of hydrogen-bond acceptors (Lipinski definition) is 5. The number of phenols is 1. The maximum atomic E-state index is 12.1. The lowest BCUT2D eigenvalue weighted by Crippen LogP contribution is -2.06. The summed E-state index contributed by atoms with van der Waals surface area (Å²) < 4.78 is 0. The van der Waals surface area contributed by atoms with Crippen LogP contribution in [-0.2, 0) is 9.63 Å². The van der Waals surface area contributed by atoms with Crippen LogP contribution >= 0.6 is 0 Å². The molecule has 0 atom stereocenters. The first-order valence-electron chi connectivity index (χ1n) is 5.93. The van der Waals surface area contributed by atoms with Gasteiger partial charge in [0, 0.05) is 18.1 Å². The molecule has 0 aliphatic heterocycles. The summed E-state index contributed by atoms with van der Waals surface area (Å²) in [4.78, 5) is 27.4. The van der Waals surface area contributed by atoms with E-state index in [1.165, 1.54) is 19.1 Å². The van der Waals surface area contributed by atoms with E-state index in [0.29, 0.717) is 16.8 Å². The first-order chi connectivity index (χ1) is 9.56. The molecule has 2 N–H and O–H groups in total. The van der Waals surface area contributed by atoms with E-state index < -0.39 is 5.97 Å². The van der Waals surface area contributed by atoms with Crippen LogP contribution in [0, 0.1) is 0 Å². The third-order valence-electron chi connectivity index (χ3n) is 2.59. The van der Waals surface area contributed by atoms with Crippen molar-refractivity contribution >= 4 is 17.4 Å². The lowest BCUT2D eigenvalue weighted by Gasteiger charge is -2.06. The average Bonchev–Trinajstić information content (AvgIpc) is 2.46. The van der Waals surface area contributed by atoms with Crippen molar-refractivity contribution in [2.75, 3.05) is 5.48 Å². The summed E-state index contributed by atoms with van der Waals surface area (Å²) in [5.41, 5.74) is 4.03. The van der Waals surface area contributed by atoms with Gasteiger partial charge < -0.3 is 9.94 Å².